The van der Waals surface area contributed by atoms with Crippen LogP contribution in [0.15, 0.2) is 65.2 Å². The van der Waals surface area contributed by atoms with Crippen LogP contribution in [0.5, 0.6) is 5.75 Å². The molecule has 0 amide bonds. The summed E-state index contributed by atoms with van der Waals surface area (Å²) in [7, 11) is 0. The Balaban J connectivity index is 1.18. The maximum atomic E-state index is 11.3. The molecule has 1 aromatic heterocycles. The fourth-order valence-corrected chi connectivity index (χ4v) is 6.24. The Kier molecular flexibility index (Phi) is 7.12. The van der Waals surface area contributed by atoms with Gasteiger partial charge in [-0.2, -0.15) is 0 Å². The smallest absolute Gasteiger partial charge is 0.178 e. The number of aromatic nitrogens is 1. The van der Waals surface area contributed by atoms with Crippen LogP contribution in [-0.4, -0.2) is 20.5 Å². The maximum absolute atomic E-state index is 11.3. The summed E-state index contributed by atoms with van der Waals surface area (Å²) >= 11 is 19.6. The van der Waals surface area contributed by atoms with E-state index in [4.69, 9.17) is 44.1 Å². The van der Waals surface area contributed by atoms with Crippen molar-refractivity contribution in [2.75, 3.05) is 0 Å². The van der Waals surface area contributed by atoms with Gasteiger partial charge in [0.1, 0.15) is 23.8 Å². The largest absolute Gasteiger partial charge is 0.489 e. The van der Waals surface area contributed by atoms with E-state index in [1.165, 1.54) is 0 Å². The number of hydrogen-bond acceptors (Lipinski definition) is 6. The molecule has 0 atom stereocenters. The average Bonchev–Trinajstić information content (AvgIpc) is 3.66. The molecular weight excluding hydrogens is 561 g/mol. The SMILES string of the molecule is OC(O)c1ccc([C@H]2C[C@@](O)(c3ccc(OCc4c(-c5c(Cl)cccc5Cl)noc4C4CC4)cc3Cl)C2)cc1. The molecular formula is C30H26Cl3NO5. The molecule has 0 radical (unpaired) electrons. The van der Waals surface area contributed by atoms with Crippen LogP contribution in [-0.2, 0) is 12.2 Å². The van der Waals surface area contributed by atoms with Crippen molar-refractivity contribution in [2.24, 2.45) is 0 Å². The molecule has 2 fully saturated rings. The lowest BCUT2D eigenvalue weighted by Gasteiger charge is -2.44. The Labute approximate surface area is 240 Å². The molecule has 3 aromatic carbocycles. The molecule has 0 unspecified atom stereocenters. The lowest BCUT2D eigenvalue weighted by molar-refractivity contribution is -0.0552. The van der Waals surface area contributed by atoms with Gasteiger partial charge in [-0.15, -0.1) is 0 Å². The van der Waals surface area contributed by atoms with Crippen molar-refractivity contribution >= 4 is 34.8 Å². The summed E-state index contributed by atoms with van der Waals surface area (Å²) in [5.41, 5.74) is 3.09. The van der Waals surface area contributed by atoms with Gasteiger partial charge in [-0.05, 0) is 61.4 Å². The minimum Gasteiger partial charge on any atom is -0.489 e. The Morgan fingerprint density at radius 2 is 1.62 bits per heavy atom. The number of ether oxygens (including phenoxy) is 1. The third-order valence-electron chi connectivity index (χ3n) is 7.67. The van der Waals surface area contributed by atoms with E-state index < -0.39 is 11.9 Å². The Morgan fingerprint density at radius 1 is 0.923 bits per heavy atom. The second-order valence-electron chi connectivity index (χ2n) is 10.4. The van der Waals surface area contributed by atoms with Gasteiger partial charge in [-0.1, -0.05) is 76.4 Å². The molecule has 4 aromatic rings. The molecule has 6 nitrogen and oxygen atoms in total. The summed E-state index contributed by atoms with van der Waals surface area (Å²) in [6.45, 7) is 0.201. The van der Waals surface area contributed by atoms with E-state index in [0.29, 0.717) is 62.0 Å². The molecule has 2 aliphatic carbocycles. The van der Waals surface area contributed by atoms with Crippen LogP contribution in [0.4, 0.5) is 0 Å². The number of halogens is 3. The van der Waals surface area contributed by atoms with Crippen LogP contribution in [0.2, 0.25) is 15.1 Å². The Bertz CT molecular complexity index is 1490. The fourth-order valence-electron chi connectivity index (χ4n) is 5.32. The van der Waals surface area contributed by atoms with Crippen molar-refractivity contribution in [3.63, 3.8) is 0 Å². The molecule has 6 rings (SSSR count). The highest BCUT2D eigenvalue weighted by Gasteiger charge is 2.45. The van der Waals surface area contributed by atoms with Gasteiger partial charge in [0.15, 0.2) is 6.29 Å². The highest BCUT2D eigenvalue weighted by atomic mass is 35.5. The van der Waals surface area contributed by atoms with Crippen molar-refractivity contribution in [2.45, 2.75) is 56.0 Å². The zero-order chi connectivity index (χ0) is 27.3. The molecule has 202 valence electrons. The number of nitrogens with zero attached hydrogens (tertiary/aromatic N) is 1. The topological polar surface area (TPSA) is 96.0 Å². The van der Waals surface area contributed by atoms with E-state index in [1.54, 1.807) is 48.5 Å². The van der Waals surface area contributed by atoms with E-state index in [9.17, 15) is 15.3 Å². The summed E-state index contributed by atoms with van der Waals surface area (Å²) < 4.78 is 11.9. The molecule has 0 spiro atoms. The van der Waals surface area contributed by atoms with Crippen LogP contribution in [0.1, 0.15) is 71.8 Å². The highest BCUT2D eigenvalue weighted by molar-refractivity contribution is 6.39. The first-order chi connectivity index (χ1) is 18.7. The Hall–Kier alpha value is -2.58. The number of aliphatic hydroxyl groups is 3. The first-order valence-electron chi connectivity index (χ1n) is 12.8. The third kappa shape index (κ3) is 5.18. The molecule has 1 heterocycles. The lowest BCUT2D eigenvalue weighted by atomic mass is 9.65. The van der Waals surface area contributed by atoms with Crippen LogP contribution < -0.4 is 4.74 Å². The van der Waals surface area contributed by atoms with Gasteiger partial charge in [0.2, 0.25) is 0 Å². The third-order valence-corrected chi connectivity index (χ3v) is 8.61. The molecule has 39 heavy (non-hydrogen) atoms. The van der Waals surface area contributed by atoms with E-state index >= 15 is 0 Å². The van der Waals surface area contributed by atoms with Crippen molar-refractivity contribution < 1.29 is 24.6 Å². The normalized spacial score (nSPS) is 20.7. The second-order valence-corrected chi connectivity index (χ2v) is 11.6. The molecule has 3 N–H and O–H groups in total. The number of benzene rings is 3. The number of aliphatic hydroxyl groups excluding tert-OH is 1. The van der Waals surface area contributed by atoms with E-state index in [2.05, 4.69) is 5.16 Å². The van der Waals surface area contributed by atoms with Gasteiger partial charge in [-0.25, -0.2) is 0 Å². The van der Waals surface area contributed by atoms with Gasteiger partial charge in [0.05, 0.1) is 26.2 Å². The van der Waals surface area contributed by atoms with Gasteiger partial charge >= 0.3 is 0 Å². The van der Waals surface area contributed by atoms with E-state index in [-0.39, 0.29) is 12.5 Å². The van der Waals surface area contributed by atoms with Gasteiger partial charge in [0, 0.05) is 22.6 Å². The zero-order valence-corrected chi connectivity index (χ0v) is 23.0. The van der Waals surface area contributed by atoms with Crippen molar-refractivity contribution in [3.8, 4) is 17.0 Å². The van der Waals surface area contributed by atoms with Crippen LogP contribution in [0.25, 0.3) is 11.3 Å². The van der Waals surface area contributed by atoms with Crippen LogP contribution in [0, 0.1) is 0 Å². The number of hydrogen-bond donors (Lipinski definition) is 3. The average molecular weight is 587 g/mol. The molecule has 0 aliphatic heterocycles. The van der Waals surface area contributed by atoms with E-state index in [1.807, 2.05) is 12.1 Å². The molecule has 9 heteroatoms. The lowest BCUT2D eigenvalue weighted by Crippen LogP contribution is -2.40. The van der Waals surface area contributed by atoms with Gasteiger partial charge in [-0.3, -0.25) is 0 Å². The quantitative estimate of drug-likeness (QED) is 0.185. The highest BCUT2D eigenvalue weighted by Crippen LogP contribution is 2.53. The summed E-state index contributed by atoms with van der Waals surface area (Å²) in [6, 6.07) is 17.7. The zero-order valence-electron chi connectivity index (χ0n) is 20.8. The first kappa shape index (κ1) is 26.6. The minimum atomic E-state index is -1.50. The second kappa shape index (κ2) is 10.4. The first-order valence-corrected chi connectivity index (χ1v) is 13.9. The van der Waals surface area contributed by atoms with Gasteiger partial charge < -0.3 is 24.6 Å². The summed E-state index contributed by atoms with van der Waals surface area (Å²) in [5.74, 6) is 1.81. The predicted molar refractivity (Wildman–Crippen MR) is 149 cm³/mol. The molecule has 2 saturated carbocycles. The molecule has 0 bridgehead atoms. The maximum Gasteiger partial charge on any atom is 0.178 e. The number of rotatable bonds is 8. The molecule has 2 aliphatic rings. The van der Waals surface area contributed by atoms with Crippen LogP contribution in [0.3, 0.4) is 0 Å². The standard InChI is InChI=1S/C30H26Cl3NO5/c31-23-2-1-3-24(32)26(23)27-21(28(39-34-27)17-6-7-17)15-38-20-10-11-22(25(33)12-20)30(37)13-19(14-30)16-4-8-18(9-5-16)29(35)36/h1-5,8-12,17,19,29,35-37H,6-7,13-15H2/t19-,30-. The summed E-state index contributed by atoms with van der Waals surface area (Å²) in [5, 5.41) is 35.6. The summed E-state index contributed by atoms with van der Waals surface area (Å²) in [4.78, 5) is 0. The monoisotopic (exact) mass is 585 g/mol. The molecule has 0 saturated heterocycles. The minimum absolute atomic E-state index is 0.149. The van der Waals surface area contributed by atoms with Crippen LogP contribution >= 0.6 is 34.8 Å². The van der Waals surface area contributed by atoms with Crippen molar-refractivity contribution in [1.82, 2.24) is 5.16 Å². The van der Waals surface area contributed by atoms with E-state index in [0.717, 1.165) is 29.7 Å². The van der Waals surface area contributed by atoms with Crippen molar-refractivity contribution in [3.05, 3.63) is 104 Å². The van der Waals surface area contributed by atoms with Crippen molar-refractivity contribution in [1.29, 1.82) is 0 Å². The van der Waals surface area contributed by atoms with Gasteiger partial charge in [0.25, 0.3) is 0 Å². The summed E-state index contributed by atoms with van der Waals surface area (Å²) in [6.07, 6.45) is 1.60. The Morgan fingerprint density at radius 3 is 2.23 bits per heavy atom. The predicted octanol–water partition coefficient (Wildman–Crippen LogP) is 7.51. The fraction of sp³-hybridized carbons (Fsp3) is 0.300.